The molecule has 1 fully saturated rings. The number of hydrogen-bond acceptors (Lipinski definition) is 3. The minimum atomic E-state index is -0.771. The highest BCUT2D eigenvalue weighted by molar-refractivity contribution is 5.66. The number of aliphatic hydroxyl groups is 2. The highest BCUT2D eigenvalue weighted by Crippen LogP contribution is 2.47. The van der Waals surface area contributed by atoms with E-state index in [9.17, 15) is 15.0 Å². The van der Waals surface area contributed by atoms with Gasteiger partial charge in [0.05, 0.1) is 12.2 Å². The third-order valence-corrected chi connectivity index (χ3v) is 5.42. The quantitative estimate of drug-likeness (QED) is 0.414. The fourth-order valence-corrected chi connectivity index (χ4v) is 4.07. The third-order valence-electron chi connectivity index (χ3n) is 5.42. The Morgan fingerprint density at radius 1 is 1.40 bits per heavy atom. The van der Waals surface area contributed by atoms with Gasteiger partial charge in [-0.25, -0.2) is 0 Å². The first-order chi connectivity index (χ1) is 12.0. The van der Waals surface area contributed by atoms with E-state index in [1.54, 1.807) is 0 Å². The maximum Gasteiger partial charge on any atom is 0.303 e. The number of hydrogen-bond donors (Lipinski definition) is 3. The van der Waals surface area contributed by atoms with Gasteiger partial charge in [-0.3, -0.25) is 4.79 Å². The van der Waals surface area contributed by atoms with Gasteiger partial charge in [0, 0.05) is 12.3 Å². The molecule has 0 heterocycles. The number of unbranched alkanes of at least 4 members (excludes halogenated alkanes) is 2. The van der Waals surface area contributed by atoms with Crippen molar-refractivity contribution in [1.29, 1.82) is 0 Å². The molecular weight excluding hydrogens is 316 g/mol. The van der Waals surface area contributed by atoms with Crippen LogP contribution in [0, 0.1) is 17.8 Å². The van der Waals surface area contributed by atoms with Crippen LogP contribution in [0.1, 0.15) is 58.3 Å². The van der Waals surface area contributed by atoms with Gasteiger partial charge in [0.2, 0.25) is 0 Å². The van der Waals surface area contributed by atoms with Crippen molar-refractivity contribution in [2.45, 2.75) is 70.5 Å². The molecule has 0 unspecified atom stereocenters. The Labute approximate surface area is 151 Å². The first-order valence-electron chi connectivity index (χ1n) is 9.64. The van der Waals surface area contributed by atoms with E-state index in [0.717, 1.165) is 38.5 Å². The maximum absolute atomic E-state index is 10.5. The molecule has 2 rings (SSSR count). The Kier molecular flexibility index (Phi) is 7.91. The molecule has 5 atom stereocenters. The number of carbonyl (C=O) groups is 1. The minimum Gasteiger partial charge on any atom is -0.481 e. The molecule has 0 aromatic carbocycles. The number of aliphatic hydroxyl groups excluding tert-OH is 2. The molecule has 4 heteroatoms. The maximum atomic E-state index is 10.5. The van der Waals surface area contributed by atoms with Crippen LogP contribution in [0.15, 0.2) is 36.0 Å². The summed E-state index contributed by atoms with van der Waals surface area (Å²) >= 11 is 0. The summed E-state index contributed by atoms with van der Waals surface area (Å²) < 4.78 is 0. The van der Waals surface area contributed by atoms with Crippen LogP contribution in [0.2, 0.25) is 0 Å². The van der Waals surface area contributed by atoms with E-state index >= 15 is 0 Å². The zero-order valence-corrected chi connectivity index (χ0v) is 15.2. The van der Waals surface area contributed by atoms with E-state index in [0.29, 0.717) is 18.3 Å². The second-order valence-electron chi connectivity index (χ2n) is 7.44. The Bertz CT molecular complexity index is 520. The van der Waals surface area contributed by atoms with Crippen molar-refractivity contribution in [2.75, 3.05) is 0 Å². The predicted molar refractivity (Wildman–Crippen MR) is 99.1 cm³/mol. The Hall–Kier alpha value is -1.39. The van der Waals surface area contributed by atoms with E-state index in [-0.39, 0.29) is 18.4 Å². The van der Waals surface area contributed by atoms with E-state index in [1.807, 2.05) is 24.3 Å². The zero-order valence-electron chi connectivity index (χ0n) is 15.2. The number of rotatable bonds is 10. The van der Waals surface area contributed by atoms with Crippen molar-refractivity contribution >= 4 is 5.97 Å². The van der Waals surface area contributed by atoms with Crippen LogP contribution in [-0.2, 0) is 4.79 Å². The van der Waals surface area contributed by atoms with Gasteiger partial charge in [-0.2, -0.15) is 0 Å². The lowest BCUT2D eigenvalue weighted by atomic mass is 9.89. The Morgan fingerprint density at radius 3 is 2.92 bits per heavy atom. The number of allylic oxidation sites excluding steroid dienone is 4. The molecule has 140 valence electrons. The predicted octanol–water partition coefficient (Wildman–Crippen LogP) is 3.85. The van der Waals surface area contributed by atoms with Gasteiger partial charge in [-0.15, -0.1) is 0 Å². The van der Waals surface area contributed by atoms with Crippen LogP contribution >= 0.6 is 0 Å². The monoisotopic (exact) mass is 348 g/mol. The summed E-state index contributed by atoms with van der Waals surface area (Å²) in [5.74, 6) is 0.119. The van der Waals surface area contributed by atoms with Crippen LogP contribution in [-0.4, -0.2) is 33.5 Å². The molecule has 0 aliphatic heterocycles. The van der Waals surface area contributed by atoms with Gasteiger partial charge in [0.25, 0.3) is 0 Å². The van der Waals surface area contributed by atoms with Gasteiger partial charge in [0.1, 0.15) is 0 Å². The van der Waals surface area contributed by atoms with Crippen molar-refractivity contribution < 1.29 is 20.1 Å². The fraction of sp³-hybridized carbons (Fsp3) is 0.667. The number of aliphatic carboxylic acids is 1. The number of fused-ring (bicyclic) bond motifs is 1. The summed E-state index contributed by atoms with van der Waals surface area (Å²) in [7, 11) is 0. The molecule has 3 N–H and O–H groups in total. The van der Waals surface area contributed by atoms with Crippen molar-refractivity contribution in [1.82, 2.24) is 0 Å². The summed E-state index contributed by atoms with van der Waals surface area (Å²) in [5, 5.41) is 29.1. The van der Waals surface area contributed by atoms with Gasteiger partial charge in [0.15, 0.2) is 0 Å². The Balaban J connectivity index is 1.84. The largest absolute Gasteiger partial charge is 0.481 e. The van der Waals surface area contributed by atoms with Crippen LogP contribution < -0.4 is 0 Å². The van der Waals surface area contributed by atoms with Gasteiger partial charge < -0.3 is 15.3 Å². The molecule has 0 aromatic heterocycles. The molecule has 0 spiro atoms. The summed E-state index contributed by atoms with van der Waals surface area (Å²) in [6.45, 7) is 2.15. The normalized spacial score (nSPS) is 30.1. The van der Waals surface area contributed by atoms with E-state index in [4.69, 9.17) is 5.11 Å². The van der Waals surface area contributed by atoms with Crippen LogP contribution in [0.25, 0.3) is 0 Å². The number of carboxylic acid groups (broad SMARTS) is 1. The van der Waals surface area contributed by atoms with Gasteiger partial charge >= 0.3 is 5.97 Å². The Morgan fingerprint density at radius 2 is 2.20 bits per heavy atom. The second-order valence-corrected chi connectivity index (χ2v) is 7.44. The molecule has 0 bridgehead atoms. The molecular formula is C21H32O4. The standard InChI is InChI=1S/C21H32O4/c1-2-3-4-8-17(22)10-11-18-19-13-15(7-5-6-9-21(24)25)12-16(19)14-20(18)23/h5,7,10-12,16-20,22-23H,2-4,6,8-9,13-14H2,1H3,(H,24,25)/b7-5?,11-10-/t16-,17-,18-,19-,20+/m0/s1. The molecule has 1 saturated carbocycles. The molecule has 0 saturated heterocycles. The molecule has 2 aliphatic carbocycles. The lowest BCUT2D eigenvalue weighted by Crippen LogP contribution is -2.17. The SMILES string of the molecule is CCCCC[C@H](O)/C=C\[C@H]1[C@H]2CC(C=CCCC(=O)O)=C[C@H]2C[C@H]1O. The first kappa shape index (κ1) is 19.9. The lowest BCUT2D eigenvalue weighted by Gasteiger charge is -2.18. The molecule has 0 amide bonds. The number of carboxylic acids is 1. The summed E-state index contributed by atoms with van der Waals surface area (Å²) in [4.78, 5) is 10.5. The highest BCUT2D eigenvalue weighted by atomic mass is 16.4. The minimum absolute atomic E-state index is 0.104. The summed E-state index contributed by atoms with van der Waals surface area (Å²) in [5.41, 5.74) is 1.24. The average Bonchev–Trinajstić information content (AvgIpc) is 3.06. The van der Waals surface area contributed by atoms with E-state index < -0.39 is 12.1 Å². The van der Waals surface area contributed by atoms with Crippen LogP contribution in [0.5, 0.6) is 0 Å². The highest BCUT2D eigenvalue weighted by Gasteiger charge is 2.42. The van der Waals surface area contributed by atoms with Crippen LogP contribution in [0.4, 0.5) is 0 Å². The van der Waals surface area contributed by atoms with E-state index in [1.165, 1.54) is 5.57 Å². The average molecular weight is 348 g/mol. The smallest absolute Gasteiger partial charge is 0.303 e. The van der Waals surface area contributed by atoms with Crippen molar-refractivity contribution in [2.24, 2.45) is 17.8 Å². The topological polar surface area (TPSA) is 77.8 Å². The first-order valence-corrected chi connectivity index (χ1v) is 9.64. The van der Waals surface area contributed by atoms with Crippen molar-refractivity contribution in [3.05, 3.63) is 36.0 Å². The molecule has 0 aromatic rings. The zero-order chi connectivity index (χ0) is 18.2. The third kappa shape index (κ3) is 6.12. The summed E-state index contributed by atoms with van der Waals surface area (Å²) in [6, 6.07) is 0. The second kappa shape index (κ2) is 9.93. The van der Waals surface area contributed by atoms with Crippen molar-refractivity contribution in [3.63, 3.8) is 0 Å². The van der Waals surface area contributed by atoms with Crippen LogP contribution in [0.3, 0.4) is 0 Å². The molecule has 4 nitrogen and oxygen atoms in total. The van der Waals surface area contributed by atoms with E-state index in [2.05, 4.69) is 13.0 Å². The summed E-state index contributed by atoms with van der Waals surface area (Å²) in [6.07, 6.45) is 15.9. The lowest BCUT2D eigenvalue weighted by molar-refractivity contribution is -0.136. The fourth-order valence-electron chi connectivity index (χ4n) is 4.07. The molecule has 0 radical (unpaired) electrons. The van der Waals surface area contributed by atoms with Gasteiger partial charge in [-0.1, -0.05) is 62.1 Å². The van der Waals surface area contributed by atoms with Gasteiger partial charge in [-0.05, 0) is 37.5 Å². The molecule has 25 heavy (non-hydrogen) atoms. The molecule has 2 aliphatic rings. The van der Waals surface area contributed by atoms with Crippen molar-refractivity contribution in [3.8, 4) is 0 Å².